The monoisotopic (exact) mass is 286 g/mol. The zero-order valence-electron chi connectivity index (χ0n) is 12.5. The smallest absolute Gasteiger partial charge is 0.226 e. The van der Waals surface area contributed by atoms with E-state index >= 15 is 0 Å². The van der Waals surface area contributed by atoms with Crippen LogP contribution in [-0.4, -0.2) is 36.3 Å². The Hall–Kier alpha value is -1.84. The number of carbonyl (C=O) groups is 2. The van der Waals surface area contributed by atoms with Crippen molar-refractivity contribution in [1.82, 2.24) is 10.2 Å². The molecule has 2 aliphatic heterocycles. The van der Waals surface area contributed by atoms with Gasteiger partial charge in [0, 0.05) is 26.1 Å². The molecule has 0 aliphatic carbocycles. The van der Waals surface area contributed by atoms with Gasteiger partial charge in [-0.1, -0.05) is 29.8 Å². The van der Waals surface area contributed by atoms with Gasteiger partial charge in [-0.2, -0.15) is 0 Å². The Morgan fingerprint density at radius 2 is 2.10 bits per heavy atom. The molecule has 2 aliphatic rings. The first-order chi connectivity index (χ1) is 10.1. The van der Waals surface area contributed by atoms with Crippen molar-refractivity contribution < 1.29 is 9.59 Å². The van der Waals surface area contributed by atoms with Crippen LogP contribution in [0, 0.1) is 12.3 Å². The Morgan fingerprint density at radius 3 is 2.71 bits per heavy atom. The van der Waals surface area contributed by atoms with E-state index in [-0.39, 0.29) is 17.2 Å². The van der Waals surface area contributed by atoms with Crippen LogP contribution < -0.4 is 5.32 Å². The van der Waals surface area contributed by atoms with Crippen LogP contribution in [0.2, 0.25) is 0 Å². The lowest BCUT2D eigenvalue weighted by atomic mass is 9.77. The molecule has 112 valence electrons. The molecule has 0 radical (unpaired) electrons. The van der Waals surface area contributed by atoms with E-state index in [1.165, 1.54) is 5.56 Å². The number of carbonyl (C=O) groups excluding carboxylic acids is 2. The summed E-state index contributed by atoms with van der Waals surface area (Å²) in [5.41, 5.74) is 2.38. The average Bonchev–Trinajstić information content (AvgIpc) is 2.80. The van der Waals surface area contributed by atoms with Gasteiger partial charge in [0.05, 0.1) is 6.42 Å². The molecule has 0 aromatic heterocycles. The third-order valence-electron chi connectivity index (χ3n) is 4.81. The van der Waals surface area contributed by atoms with Gasteiger partial charge in [-0.15, -0.1) is 0 Å². The van der Waals surface area contributed by atoms with Crippen molar-refractivity contribution in [3.63, 3.8) is 0 Å². The van der Waals surface area contributed by atoms with E-state index < -0.39 is 0 Å². The summed E-state index contributed by atoms with van der Waals surface area (Å²) in [6, 6.07) is 8.13. The van der Waals surface area contributed by atoms with Crippen molar-refractivity contribution in [3.05, 3.63) is 35.4 Å². The van der Waals surface area contributed by atoms with E-state index in [4.69, 9.17) is 0 Å². The van der Waals surface area contributed by atoms with Gasteiger partial charge >= 0.3 is 0 Å². The number of nitrogens with zero attached hydrogens (tertiary/aromatic N) is 1. The highest BCUT2D eigenvalue weighted by Crippen LogP contribution is 2.37. The van der Waals surface area contributed by atoms with Gasteiger partial charge in [0.2, 0.25) is 11.8 Å². The van der Waals surface area contributed by atoms with Gasteiger partial charge in [0.25, 0.3) is 0 Å². The predicted octanol–water partition coefficient (Wildman–Crippen LogP) is 1.67. The fourth-order valence-corrected chi connectivity index (χ4v) is 3.44. The second-order valence-electron chi connectivity index (χ2n) is 6.50. The Labute approximate surface area is 125 Å². The summed E-state index contributed by atoms with van der Waals surface area (Å²) in [6.45, 7) is 4.38. The maximum atomic E-state index is 12.4. The molecule has 1 aromatic rings. The van der Waals surface area contributed by atoms with Crippen molar-refractivity contribution in [2.75, 3.05) is 19.6 Å². The van der Waals surface area contributed by atoms with Crippen molar-refractivity contribution in [2.24, 2.45) is 5.41 Å². The topological polar surface area (TPSA) is 49.4 Å². The largest absolute Gasteiger partial charge is 0.356 e. The van der Waals surface area contributed by atoms with Crippen molar-refractivity contribution in [1.29, 1.82) is 0 Å². The van der Waals surface area contributed by atoms with Crippen LogP contribution in [-0.2, 0) is 16.0 Å². The number of piperidine rings is 1. The average molecular weight is 286 g/mol. The number of hydrogen-bond donors (Lipinski definition) is 1. The minimum atomic E-state index is 0.108. The van der Waals surface area contributed by atoms with E-state index in [9.17, 15) is 9.59 Å². The molecule has 1 spiro atoms. The second kappa shape index (κ2) is 5.51. The first kappa shape index (κ1) is 14.1. The summed E-state index contributed by atoms with van der Waals surface area (Å²) >= 11 is 0. The molecule has 2 fully saturated rings. The molecule has 0 saturated carbocycles. The lowest BCUT2D eigenvalue weighted by Gasteiger charge is -2.38. The van der Waals surface area contributed by atoms with Crippen LogP contribution in [0.1, 0.15) is 30.4 Å². The minimum absolute atomic E-state index is 0.108. The summed E-state index contributed by atoms with van der Waals surface area (Å²) in [6.07, 6.45) is 2.98. The summed E-state index contributed by atoms with van der Waals surface area (Å²) in [4.78, 5) is 25.8. The number of amides is 2. The fraction of sp³-hybridized carbons (Fsp3) is 0.529. The van der Waals surface area contributed by atoms with E-state index in [0.29, 0.717) is 12.8 Å². The first-order valence-corrected chi connectivity index (χ1v) is 7.66. The third-order valence-corrected chi connectivity index (χ3v) is 4.81. The number of rotatable bonds is 2. The minimum Gasteiger partial charge on any atom is -0.356 e. The molecule has 2 heterocycles. The molecule has 2 saturated heterocycles. The molecule has 21 heavy (non-hydrogen) atoms. The van der Waals surface area contributed by atoms with Gasteiger partial charge in [0.1, 0.15) is 0 Å². The summed E-state index contributed by atoms with van der Waals surface area (Å²) in [7, 11) is 0. The third kappa shape index (κ3) is 3.09. The van der Waals surface area contributed by atoms with Crippen LogP contribution >= 0.6 is 0 Å². The van der Waals surface area contributed by atoms with E-state index in [1.807, 2.05) is 30.0 Å². The normalized spacial score (nSPS) is 20.6. The molecule has 0 bridgehead atoms. The highest BCUT2D eigenvalue weighted by molar-refractivity contribution is 5.80. The molecule has 1 N–H and O–H groups in total. The van der Waals surface area contributed by atoms with E-state index in [2.05, 4.69) is 11.4 Å². The lowest BCUT2D eigenvalue weighted by Crippen LogP contribution is -2.44. The van der Waals surface area contributed by atoms with Crippen LogP contribution in [0.15, 0.2) is 24.3 Å². The Kier molecular flexibility index (Phi) is 3.70. The molecule has 3 rings (SSSR count). The molecular formula is C17H22N2O2. The molecule has 2 amide bonds. The quantitative estimate of drug-likeness (QED) is 0.899. The van der Waals surface area contributed by atoms with Crippen LogP contribution in [0.4, 0.5) is 0 Å². The van der Waals surface area contributed by atoms with Gasteiger partial charge in [-0.3, -0.25) is 9.59 Å². The Bertz CT molecular complexity index is 560. The van der Waals surface area contributed by atoms with Crippen LogP contribution in [0.25, 0.3) is 0 Å². The summed E-state index contributed by atoms with van der Waals surface area (Å²) in [5, 5.41) is 2.93. The van der Waals surface area contributed by atoms with Crippen LogP contribution in [0.5, 0.6) is 0 Å². The second-order valence-corrected chi connectivity index (χ2v) is 6.50. The maximum Gasteiger partial charge on any atom is 0.226 e. The molecule has 4 heteroatoms. The van der Waals surface area contributed by atoms with Gasteiger partial charge in [-0.05, 0) is 30.7 Å². The number of hydrogen-bond acceptors (Lipinski definition) is 2. The molecular weight excluding hydrogens is 264 g/mol. The van der Waals surface area contributed by atoms with E-state index in [0.717, 1.165) is 38.0 Å². The van der Waals surface area contributed by atoms with Crippen molar-refractivity contribution in [2.45, 2.75) is 32.6 Å². The van der Waals surface area contributed by atoms with E-state index in [1.54, 1.807) is 0 Å². The highest BCUT2D eigenvalue weighted by Gasteiger charge is 2.41. The van der Waals surface area contributed by atoms with Crippen molar-refractivity contribution >= 4 is 11.8 Å². The summed E-state index contributed by atoms with van der Waals surface area (Å²) < 4.78 is 0. The summed E-state index contributed by atoms with van der Waals surface area (Å²) in [5.74, 6) is 0.363. The Balaban J connectivity index is 1.57. The van der Waals surface area contributed by atoms with Crippen molar-refractivity contribution in [3.8, 4) is 0 Å². The number of likely N-dealkylation sites (tertiary alicyclic amines) is 1. The molecule has 0 unspecified atom stereocenters. The number of benzene rings is 1. The highest BCUT2D eigenvalue weighted by atomic mass is 16.2. The van der Waals surface area contributed by atoms with Gasteiger partial charge < -0.3 is 10.2 Å². The van der Waals surface area contributed by atoms with Crippen LogP contribution in [0.3, 0.4) is 0 Å². The Morgan fingerprint density at radius 1 is 1.33 bits per heavy atom. The standard InChI is InChI=1S/C17H22N2O2/c1-13-3-2-4-14(9-13)10-16(21)19-7-5-17(6-8-19)11-15(20)18-12-17/h2-4,9H,5-8,10-12H2,1H3,(H,18,20). The van der Waals surface area contributed by atoms with Gasteiger partial charge in [-0.25, -0.2) is 0 Å². The predicted molar refractivity (Wildman–Crippen MR) is 80.8 cm³/mol. The number of nitrogens with one attached hydrogen (secondary N) is 1. The zero-order chi connectivity index (χ0) is 14.9. The first-order valence-electron chi connectivity index (χ1n) is 7.66. The SMILES string of the molecule is Cc1cccc(CC(=O)N2CCC3(CC2)CNC(=O)C3)c1. The molecule has 4 nitrogen and oxygen atoms in total. The molecule has 0 atom stereocenters. The zero-order valence-corrected chi connectivity index (χ0v) is 12.5. The van der Waals surface area contributed by atoms with Gasteiger partial charge in [0.15, 0.2) is 0 Å². The maximum absolute atomic E-state index is 12.4. The lowest BCUT2D eigenvalue weighted by molar-refractivity contribution is -0.132. The fourth-order valence-electron chi connectivity index (χ4n) is 3.44. The number of aryl methyl sites for hydroxylation is 1. The molecule has 1 aromatic carbocycles.